The Morgan fingerprint density at radius 1 is 1.15 bits per heavy atom. The highest BCUT2D eigenvalue weighted by Crippen LogP contribution is 2.27. The maximum Gasteiger partial charge on any atom is 0.337 e. The van der Waals surface area contributed by atoms with Crippen molar-refractivity contribution >= 4 is 11.7 Å². The van der Waals surface area contributed by atoms with Crippen LogP contribution in [0.5, 0.6) is 0 Å². The van der Waals surface area contributed by atoms with Crippen LogP contribution in [0.2, 0.25) is 0 Å². The first-order chi connectivity index (χ1) is 9.65. The van der Waals surface area contributed by atoms with Gasteiger partial charge in [0, 0.05) is 13.1 Å². The van der Waals surface area contributed by atoms with Crippen LogP contribution in [0.25, 0.3) is 0 Å². The molecule has 0 radical (unpaired) electrons. The van der Waals surface area contributed by atoms with Gasteiger partial charge in [-0.15, -0.1) is 0 Å². The Kier molecular flexibility index (Phi) is 3.14. The number of benzene rings is 2. The minimum atomic E-state index is -1.10. The van der Waals surface area contributed by atoms with Gasteiger partial charge in [-0.3, -0.25) is 0 Å². The molecule has 0 amide bonds. The second-order valence-corrected chi connectivity index (χ2v) is 4.91. The van der Waals surface area contributed by atoms with Gasteiger partial charge in [-0.2, -0.15) is 0 Å². The first-order valence-corrected chi connectivity index (χ1v) is 6.50. The van der Waals surface area contributed by atoms with Crippen LogP contribution in [0.4, 0.5) is 10.1 Å². The number of nitrogens with zero attached hydrogens (tertiary/aromatic N) is 1. The highest BCUT2D eigenvalue weighted by Gasteiger charge is 2.21. The maximum absolute atomic E-state index is 13.2. The average Bonchev–Trinajstić information content (AvgIpc) is 2.46. The lowest BCUT2D eigenvalue weighted by Gasteiger charge is -2.31. The van der Waals surface area contributed by atoms with Crippen molar-refractivity contribution < 1.29 is 14.3 Å². The van der Waals surface area contributed by atoms with E-state index in [0.717, 1.165) is 19.0 Å². The molecule has 0 aromatic heterocycles. The SMILES string of the molecule is O=C(O)c1cc(F)ccc1N1CCc2ccccc2C1. The minimum absolute atomic E-state index is 0.0179. The standard InChI is InChI=1S/C16H14FNO2/c17-13-5-6-15(14(9-13)16(19)20)18-8-7-11-3-1-2-4-12(11)10-18/h1-6,9H,7-8,10H2,(H,19,20). The fraction of sp³-hybridized carbons (Fsp3) is 0.188. The zero-order valence-corrected chi connectivity index (χ0v) is 10.8. The molecule has 0 fully saturated rings. The van der Waals surface area contributed by atoms with Crippen LogP contribution in [-0.4, -0.2) is 17.6 Å². The first-order valence-electron chi connectivity index (χ1n) is 6.50. The lowest BCUT2D eigenvalue weighted by Crippen LogP contribution is -2.31. The van der Waals surface area contributed by atoms with Crippen molar-refractivity contribution in [2.75, 3.05) is 11.4 Å². The van der Waals surface area contributed by atoms with E-state index in [2.05, 4.69) is 6.07 Å². The van der Waals surface area contributed by atoms with Crippen LogP contribution >= 0.6 is 0 Å². The molecule has 1 aliphatic heterocycles. The van der Waals surface area contributed by atoms with E-state index in [4.69, 9.17) is 0 Å². The van der Waals surface area contributed by atoms with Crippen molar-refractivity contribution in [1.29, 1.82) is 0 Å². The van der Waals surface area contributed by atoms with Gasteiger partial charge in [0.2, 0.25) is 0 Å². The molecule has 2 aromatic carbocycles. The van der Waals surface area contributed by atoms with Gasteiger partial charge in [-0.25, -0.2) is 9.18 Å². The predicted molar refractivity (Wildman–Crippen MR) is 74.6 cm³/mol. The second-order valence-electron chi connectivity index (χ2n) is 4.91. The first kappa shape index (κ1) is 12.7. The van der Waals surface area contributed by atoms with Gasteiger partial charge in [0.25, 0.3) is 0 Å². The molecule has 1 heterocycles. The number of hydrogen-bond acceptors (Lipinski definition) is 2. The van der Waals surface area contributed by atoms with E-state index in [1.54, 1.807) is 6.07 Å². The normalized spacial score (nSPS) is 13.9. The van der Waals surface area contributed by atoms with E-state index in [1.807, 2.05) is 23.1 Å². The summed E-state index contributed by atoms with van der Waals surface area (Å²) in [5, 5.41) is 9.22. The van der Waals surface area contributed by atoms with Crippen molar-refractivity contribution in [1.82, 2.24) is 0 Å². The molecule has 1 aliphatic rings. The van der Waals surface area contributed by atoms with E-state index in [-0.39, 0.29) is 5.56 Å². The number of rotatable bonds is 2. The third-order valence-electron chi connectivity index (χ3n) is 3.66. The molecule has 0 atom stereocenters. The summed E-state index contributed by atoms with van der Waals surface area (Å²) in [6.45, 7) is 1.39. The summed E-state index contributed by atoms with van der Waals surface area (Å²) in [6.07, 6.45) is 0.868. The number of anilines is 1. The molecule has 1 N–H and O–H groups in total. The monoisotopic (exact) mass is 271 g/mol. The summed E-state index contributed by atoms with van der Waals surface area (Å²) in [4.78, 5) is 13.3. The van der Waals surface area contributed by atoms with E-state index in [1.165, 1.54) is 17.2 Å². The minimum Gasteiger partial charge on any atom is -0.478 e. The summed E-state index contributed by atoms with van der Waals surface area (Å²) in [6, 6.07) is 12.1. The van der Waals surface area contributed by atoms with Crippen LogP contribution in [-0.2, 0) is 13.0 Å². The van der Waals surface area contributed by atoms with Crippen LogP contribution in [0, 0.1) is 5.82 Å². The molecule has 3 rings (SSSR count). The Hall–Kier alpha value is -2.36. The largest absolute Gasteiger partial charge is 0.478 e. The third-order valence-corrected chi connectivity index (χ3v) is 3.66. The van der Waals surface area contributed by atoms with Crippen LogP contribution in [0.3, 0.4) is 0 Å². The molecule has 0 spiro atoms. The molecule has 102 valence electrons. The Bertz CT molecular complexity index is 669. The predicted octanol–water partition coefficient (Wildman–Crippen LogP) is 3.09. The van der Waals surface area contributed by atoms with Gasteiger partial charge in [0.05, 0.1) is 11.3 Å². The maximum atomic E-state index is 13.2. The van der Waals surface area contributed by atoms with Gasteiger partial charge >= 0.3 is 5.97 Å². The number of carbonyl (C=O) groups is 1. The lowest BCUT2D eigenvalue weighted by molar-refractivity contribution is 0.0697. The summed E-state index contributed by atoms with van der Waals surface area (Å²) < 4.78 is 13.2. The third kappa shape index (κ3) is 2.25. The lowest BCUT2D eigenvalue weighted by atomic mass is 9.98. The summed E-state index contributed by atoms with van der Waals surface area (Å²) >= 11 is 0. The summed E-state index contributed by atoms with van der Waals surface area (Å²) in [7, 11) is 0. The average molecular weight is 271 g/mol. The molecule has 0 bridgehead atoms. The quantitative estimate of drug-likeness (QED) is 0.912. The van der Waals surface area contributed by atoms with E-state index in [9.17, 15) is 14.3 Å². The van der Waals surface area contributed by atoms with Crippen molar-refractivity contribution in [3.63, 3.8) is 0 Å². The Morgan fingerprint density at radius 3 is 2.65 bits per heavy atom. The smallest absolute Gasteiger partial charge is 0.337 e. The van der Waals surface area contributed by atoms with Crippen molar-refractivity contribution in [2.45, 2.75) is 13.0 Å². The molecule has 0 saturated heterocycles. The van der Waals surface area contributed by atoms with Crippen molar-refractivity contribution in [2.24, 2.45) is 0 Å². The fourth-order valence-corrected chi connectivity index (χ4v) is 2.66. The van der Waals surface area contributed by atoms with Crippen molar-refractivity contribution in [3.8, 4) is 0 Å². The molecular weight excluding hydrogens is 257 g/mol. The zero-order chi connectivity index (χ0) is 14.1. The van der Waals surface area contributed by atoms with Gasteiger partial charge in [-0.05, 0) is 35.7 Å². The highest BCUT2D eigenvalue weighted by molar-refractivity contribution is 5.94. The number of aromatic carboxylic acids is 1. The Labute approximate surface area is 116 Å². The van der Waals surface area contributed by atoms with Crippen LogP contribution < -0.4 is 4.90 Å². The molecule has 2 aromatic rings. The number of carboxylic acids is 1. The van der Waals surface area contributed by atoms with E-state index < -0.39 is 11.8 Å². The molecule has 0 aliphatic carbocycles. The number of fused-ring (bicyclic) bond motifs is 1. The Morgan fingerprint density at radius 2 is 1.90 bits per heavy atom. The molecule has 3 nitrogen and oxygen atoms in total. The molecule has 0 unspecified atom stereocenters. The summed E-state index contributed by atoms with van der Waals surface area (Å²) in [5.41, 5.74) is 3.08. The van der Waals surface area contributed by atoms with E-state index >= 15 is 0 Å². The molecule has 4 heteroatoms. The number of carboxylic acid groups (broad SMARTS) is 1. The Balaban J connectivity index is 1.97. The van der Waals surface area contributed by atoms with Gasteiger partial charge in [0.15, 0.2) is 0 Å². The second kappa shape index (κ2) is 4.96. The molecule has 0 saturated carbocycles. The number of halogens is 1. The fourth-order valence-electron chi connectivity index (χ4n) is 2.66. The summed E-state index contributed by atoms with van der Waals surface area (Å²) in [5.74, 6) is -1.62. The molecular formula is C16H14FNO2. The van der Waals surface area contributed by atoms with Gasteiger partial charge in [0.1, 0.15) is 5.82 Å². The number of hydrogen-bond donors (Lipinski definition) is 1. The zero-order valence-electron chi connectivity index (χ0n) is 10.8. The van der Waals surface area contributed by atoms with Gasteiger partial charge in [-0.1, -0.05) is 24.3 Å². The highest BCUT2D eigenvalue weighted by atomic mass is 19.1. The van der Waals surface area contributed by atoms with Crippen LogP contribution in [0.15, 0.2) is 42.5 Å². The van der Waals surface area contributed by atoms with Crippen molar-refractivity contribution in [3.05, 3.63) is 65.0 Å². The topological polar surface area (TPSA) is 40.5 Å². The van der Waals surface area contributed by atoms with Gasteiger partial charge < -0.3 is 10.0 Å². The van der Waals surface area contributed by atoms with E-state index in [0.29, 0.717) is 12.2 Å². The molecule has 20 heavy (non-hydrogen) atoms. The van der Waals surface area contributed by atoms with Crippen LogP contribution in [0.1, 0.15) is 21.5 Å².